The number of halogens is 1. The van der Waals surface area contributed by atoms with Gasteiger partial charge in [-0.1, -0.05) is 28.1 Å². The molecule has 0 radical (unpaired) electrons. The summed E-state index contributed by atoms with van der Waals surface area (Å²) in [5.41, 5.74) is 2.22. The number of rotatable bonds is 6. The number of carbonyl (C=O) groups excluding carboxylic acids is 1. The van der Waals surface area contributed by atoms with E-state index in [0.29, 0.717) is 28.4 Å². The monoisotopic (exact) mass is 499 g/mol. The van der Waals surface area contributed by atoms with Crippen molar-refractivity contribution in [3.63, 3.8) is 0 Å². The van der Waals surface area contributed by atoms with Crippen LogP contribution >= 0.6 is 15.9 Å². The third-order valence-electron chi connectivity index (χ3n) is 5.72. The number of ether oxygens (including phenoxy) is 1. The van der Waals surface area contributed by atoms with Crippen molar-refractivity contribution in [1.29, 1.82) is 0 Å². The van der Waals surface area contributed by atoms with Crippen LogP contribution in [0.3, 0.4) is 0 Å². The maximum atomic E-state index is 12.7. The molecule has 0 unspecified atom stereocenters. The van der Waals surface area contributed by atoms with Crippen LogP contribution in [-0.2, 0) is 4.79 Å². The summed E-state index contributed by atoms with van der Waals surface area (Å²) in [6, 6.07) is 14.4. The molecule has 0 saturated carbocycles. The molecule has 1 aliphatic heterocycles. The van der Waals surface area contributed by atoms with Crippen LogP contribution in [-0.4, -0.2) is 49.4 Å². The molecule has 1 fully saturated rings. The molecule has 3 aromatic rings. The number of fused-ring (bicyclic) bond motifs is 1. The maximum Gasteiger partial charge on any atom is 0.338 e. The van der Waals surface area contributed by atoms with Gasteiger partial charge in [-0.25, -0.2) is 4.79 Å². The smallest absolute Gasteiger partial charge is 0.338 e. The Morgan fingerprint density at radius 3 is 2.72 bits per heavy atom. The summed E-state index contributed by atoms with van der Waals surface area (Å²) in [7, 11) is 3.45. The number of hydrogen-bond donors (Lipinski definition) is 1. The van der Waals surface area contributed by atoms with Gasteiger partial charge in [0.2, 0.25) is 5.91 Å². The first-order valence-corrected chi connectivity index (χ1v) is 11.5. The van der Waals surface area contributed by atoms with Gasteiger partial charge in [-0.3, -0.25) is 9.69 Å². The topological polar surface area (TPSA) is 75.0 Å². The Balaban J connectivity index is 1.58. The molecule has 0 atom stereocenters. The average molecular weight is 500 g/mol. The van der Waals surface area contributed by atoms with Crippen molar-refractivity contribution in [2.24, 2.45) is 0 Å². The minimum Gasteiger partial charge on any atom is -0.495 e. The molecule has 1 aliphatic rings. The molecule has 168 valence electrons. The number of benzene rings is 2. The molecule has 8 heteroatoms. The Hall–Kier alpha value is -2.84. The van der Waals surface area contributed by atoms with E-state index in [-0.39, 0.29) is 5.91 Å². The van der Waals surface area contributed by atoms with Gasteiger partial charge in [0.15, 0.2) is 0 Å². The zero-order chi connectivity index (χ0) is 22.7. The van der Waals surface area contributed by atoms with Gasteiger partial charge in [0, 0.05) is 29.0 Å². The molecule has 1 N–H and O–H groups in total. The number of hydrogen-bond acceptors (Lipinski definition) is 6. The molecule has 1 saturated heterocycles. The highest BCUT2D eigenvalue weighted by atomic mass is 79.9. The van der Waals surface area contributed by atoms with Crippen LogP contribution in [0.5, 0.6) is 5.75 Å². The highest BCUT2D eigenvalue weighted by Gasteiger charge is 2.20. The molecule has 0 bridgehead atoms. The summed E-state index contributed by atoms with van der Waals surface area (Å²) < 4.78 is 10.8. The minimum absolute atomic E-state index is 0.0815. The number of anilines is 3. The van der Waals surface area contributed by atoms with Crippen LogP contribution in [0.4, 0.5) is 17.1 Å². The second-order valence-electron chi connectivity index (χ2n) is 7.89. The zero-order valence-electron chi connectivity index (χ0n) is 18.1. The van der Waals surface area contributed by atoms with Crippen molar-refractivity contribution < 1.29 is 13.9 Å². The Bertz CT molecular complexity index is 1170. The Labute approximate surface area is 195 Å². The molecule has 2 aromatic carbocycles. The number of alkyl halides is 1. The first kappa shape index (κ1) is 22.4. The van der Waals surface area contributed by atoms with E-state index in [1.807, 2.05) is 48.3 Å². The Kier molecular flexibility index (Phi) is 6.81. The van der Waals surface area contributed by atoms with E-state index in [0.717, 1.165) is 42.7 Å². The number of para-hydroxylation sites is 1. The van der Waals surface area contributed by atoms with Crippen LogP contribution in [0, 0.1) is 0 Å². The second-order valence-corrected chi connectivity index (χ2v) is 9.18. The summed E-state index contributed by atoms with van der Waals surface area (Å²) >= 11 is 3.64. The van der Waals surface area contributed by atoms with Gasteiger partial charge in [-0.15, -0.1) is 0 Å². The molecule has 1 aromatic heterocycles. The third-order valence-corrected chi connectivity index (χ3v) is 6.63. The second kappa shape index (κ2) is 9.75. The molecular formula is C24H26BrN3O4. The summed E-state index contributed by atoms with van der Waals surface area (Å²) in [4.78, 5) is 29.4. The highest BCUT2D eigenvalue weighted by Crippen LogP contribution is 2.34. The van der Waals surface area contributed by atoms with E-state index in [9.17, 15) is 9.59 Å². The number of carbonyl (C=O) groups is 1. The number of likely N-dealkylation sites (tertiary alicyclic amines) is 1. The summed E-state index contributed by atoms with van der Waals surface area (Å²) in [5, 5.41) is 3.82. The number of methoxy groups -OCH3 is 1. The standard InChI is InChI=1S/C24H26BrN3O4/c1-27(20-14-24(30)32-21-6-4-3-5-18(20)21)17-7-8-22(31-2)19(13-17)26-23(29)15-28-11-9-16(25)10-12-28/h3-8,13-14,16H,9-12,15H2,1-2H3,(H,26,29). The van der Waals surface area contributed by atoms with Gasteiger partial charge in [-0.2, -0.15) is 0 Å². The highest BCUT2D eigenvalue weighted by molar-refractivity contribution is 9.09. The largest absolute Gasteiger partial charge is 0.495 e. The molecule has 0 aliphatic carbocycles. The van der Waals surface area contributed by atoms with Gasteiger partial charge in [-0.05, 0) is 56.3 Å². The van der Waals surface area contributed by atoms with Crippen LogP contribution in [0.1, 0.15) is 12.8 Å². The number of nitrogens with one attached hydrogen (secondary N) is 1. The SMILES string of the molecule is COc1ccc(N(C)c2cc(=O)oc3ccccc23)cc1NC(=O)CN1CCC(Br)CC1. The predicted octanol–water partition coefficient (Wildman–Crippen LogP) is 4.37. The van der Waals surface area contributed by atoms with Gasteiger partial charge in [0.05, 0.1) is 25.0 Å². The van der Waals surface area contributed by atoms with E-state index >= 15 is 0 Å². The molecular weight excluding hydrogens is 474 g/mol. The average Bonchev–Trinajstić information content (AvgIpc) is 2.79. The van der Waals surface area contributed by atoms with Crippen molar-refractivity contribution >= 4 is 49.9 Å². The van der Waals surface area contributed by atoms with E-state index < -0.39 is 5.63 Å². The number of piperidine rings is 1. The van der Waals surface area contributed by atoms with Gasteiger partial charge in [0.1, 0.15) is 11.3 Å². The quantitative estimate of drug-likeness (QED) is 0.401. The van der Waals surface area contributed by atoms with E-state index in [4.69, 9.17) is 9.15 Å². The van der Waals surface area contributed by atoms with E-state index in [1.165, 1.54) is 6.07 Å². The fourth-order valence-electron chi connectivity index (χ4n) is 3.97. The molecule has 2 heterocycles. The van der Waals surface area contributed by atoms with E-state index in [1.54, 1.807) is 13.2 Å². The third kappa shape index (κ3) is 4.97. The van der Waals surface area contributed by atoms with Crippen molar-refractivity contribution in [2.75, 3.05) is 44.0 Å². The van der Waals surface area contributed by atoms with Crippen LogP contribution in [0.2, 0.25) is 0 Å². The van der Waals surface area contributed by atoms with Crippen molar-refractivity contribution in [3.05, 3.63) is 59.0 Å². The van der Waals surface area contributed by atoms with Crippen molar-refractivity contribution in [2.45, 2.75) is 17.7 Å². The lowest BCUT2D eigenvalue weighted by Crippen LogP contribution is -2.39. The van der Waals surface area contributed by atoms with Gasteiger partial charge in [0.25, 0.3) is 0 Å². The lowest BCUT2D eigenvalue weighted by atomic mass is 10.1. The van der Waals surface area contributed by atoms with Crippen LogP contribution in [0.25, 0.3) is 11.0 Å². The lowest BCUT2D eigenvalue weighted by Gasteiger charge is -2.28. The lowest BCUT2D eigenvalue weighted by molar-refractivity contribution is -0.117. The number of amides is 1. The molecule has 32 heavy (non-hydrogen) atoms. The van der Waals surface area contributed by atoms with Crippen molar-refractivity contribution in [3.8, 4) is 5.75 Å². The van der Waals surface area contributed by atoms with Gasteiger partial charge >= 0.3 is 5.63 Å². The maximum absolute atomic E-state index is 12.7. The zero-order valence-corrected chi connectivity index (χ0v) is 19.7. The minimum atomic E-state index is -0.417. The molecule has 4 rings (SSSR count). The summed E-state index contributed by atoms with van der Waals surface area (Å²) in [6.07, 6.45) is 2.08. The first-order chi connectivity index (χ1) is 15.4. The fourth-order valence-corrected chi connectivity index (χ4v) is 4.38. The molecule has 1 amide bonds. The predicted molar refractivity (Wildman–Crippen MR) is 131 cm³/mol. The Morgan fingerprint density at radius 1 is 1.22 bits per heavy atom. The molecule has 0 spiro atoms. The molecule has 7 nitrogen and oxygen atoms in total. The van der Waals surface area contributed by atoms with Crippen LogP contribution < -0.4 is 20.6 Å². The Morgan fingerprint density at radius 2 is 1.97 bits per heavy atom. The summed E-state index contributed by atoms with van der Waals surface area (Å²) in [5.74, 6) is 0.494. The van der Waals surface area contributed by atoms with E-state index in [2.05, 4.69) is 26.1 Å². The van der Waals surface area contributed by atoms with Crippen molar-refractivity contribution in [1.82, 2.24) is 4.90 Å². The number of nitrogens with zero attached hydrogens (tertiary/aromatic N) is 2. The van der Waals surface area contributed by atoms with Gasteiger partial charge < -0.3 is 19.4 Å². The fraction of sp³-hybridized carbons (Fsp3) is 0.333. The normalized spacial score (nSPS) is 15.0. The van der Waals surface area contributed by atoms with Crippen LogP contribution in [0.15, 0.2) is 57.7 Å². The first-order valence-electron chi connectivity index (χ1n) is 10.6. The summed E-state index contributed by atoms with van der Waals surface area (Å²) in [6.45, 7) is 2.13.